The van der Waals surface area contributed by atoms with Gasteiger partial charge in [-0.2, -0.15) is 0 Å². The van der Waals surface area contributed by atoms with Crippen molar-refractivity contribution in [1.29, 1.82) is 0 Å². The number of aliphatic imine (C=N–C) groups is 1. The van der Waals surface area contributed by atoms with Crippen LogP contribution in [0.2, 0.25) is 0 Å². The lowest BCUT2D eigenvalue weighted by Crippen LogP contribution is -1.98. The molecule has 0 fully saturated rings. The van der Waals surface area contributed by atoms with E-state index in [0.717, 1.165) is 5.71 Å². The Hall–Kier alpha value is -1.63. The van der Waals surface area contributed by atoms with Crippen LogP contribution < -0.4 is 0 Å². The highest BCUT2D eigenvalue weighted by molar-refractivity contribution is 6.15. The minimum atomic E-state index is 1.13. The van der Waals surface area contributed by atoms with Gasteiger partial charge in [0.2, 0.25) is 0 Å². The number of allylic oxidation sites excluding steroid dienone is 9. The maximum Gasteiger partial charge on any atom is 0.0710 e. The van der Waals surface area contributed by atoms with Gasteiger partial charge in [-0.05, 0) is 67.9 Å². The summed E-state index contributed by atoms with van der Waals surface area (Å²) in [7, 11) is 0. The fourth-order valence-corrected chi connectivity index (χ4v) is 3.47. The van der Waals surface area contributed by atoms with Crippen molar-refractivity contribution in [2.75, 3.05) is 0 Å². The fraction of sp³-hybridized carbons (Fsp3) is 0.542. The minimum Gasteiger partial charge on any atom is -0.248 e. The van der Waals surface area contributed by atoms with Crippen LogP contribution in [0.15, 0.2) is 63.4 Å². The molecule has 0 aromatic rings. The standard InChI is InChI=1S/C24H35N/c1-5-8-11-14-20(13-9-6-2)22(16-10-7-3)19(4)24-18-21-15-12-17-23(21)25-24/h12,14-15,17-18H,5-11,13,16H2,1-4H3. The van der Waals surface area contributed by atoms with Crippen molar-refractivity contribution in [3.05, 3.63) is 58.4 Å². The topological polar surface area (TPSA) is 12.4 Å². The number of fused-ring (bicyclic) bond motifs is 1. The summed E-state index contributed by atoms with van der Waals surface area (Å²) in [6.45, 7) is 9.13. The third kappa shape index (κ3) is 5.42. The predicted molar refractivity (Wildman–Crippen MR) is 112 cm³/mol. The van der Waals surface area contributed by atoms with Gasteiger partial charge in [0.25, 0.3) is 0 Å². The smallest absolute Gasteiger partial charge is 0.0710 e. The lowest BCUT2D eigenvalue weighted by atomic mass is 9.90. The van der Waals surface area contributed by atoms with Gasteiger partial charge in [0, 0.05) is 5.57 Å². The number of unbranched alkanes of at least 4 members (excludes halogenated alkanes) is 4. The molecule has 0 aromatic carbocycles. The molecule has 0 saturated heterocycles. The molecule has 0 spiro atoms. The average molecular weight is 338 g/mol. The maximum atomic E-state index is 4.88. The van der Waals surface area contributed by atoms with Gasteiger partial charge in [0.15, 0.2) is 0 Å². The van der Waals surface area contributed by atoms with Crippen LogP contribution in [0.25, 0.3) is 0 Å². The van der Waals surface area contributed by atoms with Crippen molar-refractivity contribution in [3.8, 4) is 0 Å². The molecule has 1 nitrogen and oxygen atoms in total. The first-order chi connectivity index (χ1) is 12.2. The SMILES string of the molecule is CCCCC=C(CCCC)C(CCCC)=C(C)C1=CC2=CC=CC2=N1. The van der Waals surface area contributed by atoms with E-state index in [-0.39, 0.29) is 0 Å². The van der Waals surface area contributed by atoms with E-state index in [9.17, 15) is 0 Å². The zero-order chi connectivity index (χ0) is 18.1. The maximum absolute atomic E-state index is 4.88. The van der Waals surface area contributed by atoms with Gasteiger partial charge >= 0.3 is 0 Å². The minimum absolute atomic E-state index is 1.13. The molecule has 0 radical (unpaired) electrons. The zero-order valence-corrected chi connectivity index (χ0v) is 16.7. The van der Waals surface area contributed by atoms with Gasteiger partial charge in [0.05, 0.1) is 11.4 Å². The summed E-state index contributed by atoms with van der Waals surface area (Å²) in [6.07, 6.45) is 22.4. The Kier molecular flexibility index (Phi) is 8.18. The number of nitrogens with zero attached hydrogens (tertiary/aromatic N) is 1. The highest BCUT2D eigenvalue weighted by atomic mass is 14.8. The van der Waals surface area contributed by atoms with Crippen LogP contribution in [-0.4, -0.2) is 5.71 Å². The molecule has 1 heteroatoms. The summed E-state index contributed by atoms with van der Waals surface area (Å²) in [6, 6.07) is 0. The van der Waals surface area contributed by atoms with Gasteiger partial charge in [-0.1, -0.05) is 64.7 Å². The van der Waals surface area contributed by atoms with Crippen molar-refractivity contribution in [1.82, 2.24) is 0 Å². The van der Waals surface area contributed by atoms with Crippen LogP contribution in [0.4, 0.5) is 0 Å². The van der Waals surface area contributed by atoms with Crippen molar-refractivity contribution in [2.24, 2.45) is 4.99 Å². The van der Waals surface area contributed by atoms with E-state index < -0.39 is 0 Å². The average Bonchev–Trinajstić information content (AvgIpc) is 3.21. The Morgan fingerprint density at radius 1 is 1.00 bits per heavy atom. The molecule has 2 aliphatic rings. The van der Waals surface area contributed by atoms with E-state index in [1.54, 1.807) is 11.1 Å². The van der Waals surface area contributed by atoms with E-state index in [1.165, 1.54) is 74.6 Å². The first kappa shape index (κ1) is 19.7. The van der Waals surface area contributed by atoms with Crippen molar-refractivity contribution in [3.63, 3.8) is 0 Å². The molecule has 0 amide bonds. The van der Waals surface area contributed by atoms with Crippen LogP contribution in [-0.2, 0) is 0 Å². The molecule has 2 rings (SSSR count). The van der Waals surface area contributed by atoms with Gasteiger partial charge in [-0.3, -0.25) is 0 Å². The quantitative estimate of drug-likeness (QED) is 0.271. The molecular formula is C24H35N. The molecule has 0 N–H and O–H groups in total. The molecule has 1 heterocycles. The van der Waals surface area contributed by atoms with Crippen LogP contribution in [0.5, 0.6) is 0 Å². The van der Waals surface area contributed by atoms with E-state index in [0.29, 0.717) is 0 Å². The summed E-state index contributed by atoms with van der Waals surface area (Å²) in [4.78, 5) is 4.88. The summed E-state index contributed by atoms with van der Waals surface area (Å²) in [5.74, 6) is 0. The van der Waals surface area contributed by atoms with Gasteiger partial charge in [-0.15, -0.1) is 0 Å². The normalized spacial score (nSPS) is 17.3. The van der Waals surface area contributed by atoms with Gasteiger partial charge < -0.3 is 0 Å². The summed E-state index contributed by atoms with van der Waals surface area (Å²) < 4.78 is 0. The van der Waals surface area contributed by atoms with Crippen LogP contribution in [0, 0.1) is 0 Å². The second-order valence-corrected chi connectivity index (χ2v) is 7.19. The highest BCUT2D eigenvalue weighted by Crippen LogP contribution is 2.33. The molecule has 25 heavy (non-hydrogen) atoms. The molecular weight excluding hydrogens is 302 g/mol. The monoisotopic (exact) mass is 337 g/mol. The molecule has 0 atom stereocenters. The van der Waals surface area contributed by atoms with Gasteiger partial charge in [0.1, 0.15) is 0 Å². The van der Waals surface area contributed by atoms with Crippen LogP contribution in [0.1, 0.15) is 85.5 Å². The Labute approximate surface area is 155 Å². The van der Waals surface area contributed by atoms with E-state index >= 15 is 0 Å². The predicted octanol–water partition coefficient (Wildman–Crippen LogP) is 7.63. The number of rotatable bonds is 11. The fourth-order valence-electron chi connectivity index (χ4n) is 3.47. The molecule has 1 aliphatic heterocycles. The van der Waals surface area contributed by atoms with Crippen LogP contribution >= 0.6 is 0 Å². The van der Waals surface area contributed by atoms with Crippen molar-refractivity contribution in [2.45, 2.75) is 85.5 Å². The third-order valence-electron chi connectivity index (χ3n) is 5.11. The summed E-state index contributed by atoms with van der Waals surface area (Å²) >= 11 is 0. The zero-order valence-electron chi connectivity index (χ0n) is 16.7. The molecule has 0 aromatic heterocycles. The Morgan fingerprint density at radius 2 is 1.72 bits per heavy atom. The first-order valence-electron chi connectivity index (χ1n) is 10.3. The molecule has 136 valence electrons. The van der Waals surface area contributed by atoms with E-state index in [2.05, 4.69) is 58.1 Å². The number of hydrogen-bond acceptors (Lipinski definition) is 1. The van der Waals surface area contributed by atoms with E-state index in [1.807, 2.05) is 0 Å². The first-order valence-corrected chi connectivity index (χ1v) is 10.3. The Bertz CT molecular complexity index is 635. The molecule has 0 bridgehead atoms. The second-order valence-electron chi connectivity index (χ2n) is 7.19. The summed E-state index contributed by atoms with van der Waals surface area (Å²) in [5.41, 5.74) is 8.12. The lowest BCUT2D eigenvalue weighted by Gasteiger charge is -2.17. The van der Waals surface area contributed by atoms with Gasteiger partial charge in [-0.25, -0.2) is 4.99 Å². The second kappa shape index (κ2) is 10.4. The lowest BCUT2D eigenvalue weighted by molar-refractivity contribution is 0.738. The van der Waals surface area contributed by atoms with Crippen LogP contribution in [0.3, 0.4) is 0 Å². The Balaban J connectivity index is 2.32. The molecule has 0 unspecified atom stereocenters. The van der Waals surface area contributed by atoms with Crippen molar-refractivity contribution < 1.29 is 0 Å². The highest BCUT2D eigenvalue weighted by Gasteiger charge is 2.18. The Morgan fingerprint density at radius 3 is 2.40 bits per heavy atom. The largest absolute Gasteiger partial charge is 0.248 e. The number of hydrogen-bond donors (Lipinski definition) is 0. The van der Waals surface area contributed by atoms with E-state index in [4.69, 9.17) is 4.99 Å². The molecule has 0 saturated carbocycles. The summed E-state index contributed by atoms with van der Waals surface area (Å²) in [5, 5.41) is 0. The van der Waals surface area contributed by atoms with Crippen molar-refractivity contribution >= 4 is 5.71 Å². The molecule has 1 aliphatic carbocycles. The third-order valence-corrected chi connectivity index (χ3v) is 5.11.